The van der Waals surface area contributed by atoms with E-state index in [1.807, 2.05) is 41.3 Å². The van der Waals surface area contributed by atoms with Gasteiger partial charge in [0, 0.05) is 28.3 Å². The lowest BCUT2D eigenvalue weighted by atomic mass is 9.69. The number of halogens is 1. The average Bonchev–Trinajstić information content (AvgIpc) is 3.18. The maximum absolute atomic E-state index is 13.6. The molecule has 4 rings (SSSR count). The minimum absolute atomic E-state index is 0.0311. The Morgan fingerprint density at radius 2 is 1.91 bits per heavy atom. The molecule has 0 spiro atoms. The number of nitrogens with zero attached hydrogens (tertiary/aromatic N) is 1. The van der Waals surface area contributed by atoms with Crippen LogP contribution in [-0.2, 0) is 14.3 Å². The highest BCUT2D eigenvalue weighted by Crippen LogP contribution is 2.51. The van der Waals surface area contributed by atoms with E-state index >= 15 is 0 Å². The van der Waals surface area contributed by atoms with Crippen LogP contribution in [0.3, 0.4) is 0 Å². The highest BCUT2D eigenvalue weighted by atomic mass is 79.9. The summed E-state index contributed by atoms with van der Waals surface area (Å²) in [4.78, 5) is 29.6. The first-order chi connectivity index (χ1) is 15.7. The third-order valence-corrected chi connectivity index (χ3v) is 7.65. The fourth-order valence-corrected chi connectivity index (χ4v) is 6.16. The number of thiophene rings is 1. The number of ketones is 1. The van der Waals surface area contributed by atoms with Gasteiger partial charge in [0.15, 0.2) is 5.78 Å². The summed E-state index contributed by atoms with van der Waals surface area (Å²) in [6, 6.07) is 11.3. The third kappa shape index (κ3) is 4.34. The number of benzene rings is 1. The fraction of sp³-hybridized carbons (Fsp3) is 0.360. The van der Waals surface area contributed by atoms with Crippen molar-refractivity contribution in [2.45, 2.75) is 39.5 Å². The molecule has 1 atom stereocenters. The summed E-state index contributed by atoms with van der Waals surface area (Å²) in [5.41, 5.74) is 9.04. The van der Waals surface area contributed by atoms with Crippen molar-refractivity contribution < 1.29 is 19.1 Å². The van der Waals surface area contributed by atoms with Crippen LogP contribution in [0, 0.1) is 5.41 Å². The second kappa shape index (κ2) is 8.99. The first-order valence-corrected chi connectivity index (χ1v) is 12.4. The standard InChI is InChI=1S/C25H27BrN2O4S/c1-5-32-24(30)22-21(18-10-11-19(26)33-18)20-16(12-25(2,3)13-17(20)29)28(23(22)27)14-6-8-15(31-4)9-7-14/h6-11,21H,5,12-13,27H2,1-4H3. The van der Waals surface area contributed by atoms with Crippen LogP contribution in [0.1, 0.15) is 44.4 Å². The summed E-state index contributed by atoms with van der Waals surface area (Å²) in [6.07, 6.45) is 1.06. The predicted molar refractivity (Wildman–Crippen MR) is 133 cm³/mol. The average molecular weight is 531 g/mol. The van der Waals surface area contributed by atoms with Crippen LogP contribution in [-0.4, -0.2) is 25.5 Å². The Morgan fingerprint density at radius 3 is 2.48 bits per heavy atom. The van der Waals surface area contributed by atoms with Crippen molar-refractivity contribution >= 4 is 44.7 Å². The largest absolute Gasteiger partial charge is 0.497 e. The maximum atomic E-state index is 13.6. The fourth-order valence-electron chi connectivity index (χ4n) is 4.61. The molecule has 0 radical (unpaired) electrons. The van der Waals surface area contributed by atoms with Crippen molar-refractivity contribution in [1.82, 2.24) is 0 Å². The molecular weight excluding hydrogens is 504 g/mol. The number of carbonyl (C=O) groups is 2. The molecule has 8 heteroatoms. The molecule has 2 N–H and O–H groups in total. The normalized spacial score (nSPS) is 20.1. The number of carbonyl (C=O) groups excluding carboxylic acids is 2. The minimum Gasteiger partial charge on any atom is -0.497 e. The topological polar surface area (TPSA) is 81.9 Å². The van der Waals surface area contributed by atoms with Crippen LogP contribution >= 0.6 is 27.3 Å². The Bertz CT molecular complexity index is 1160. The first-order valence-electron chi connectivity index (χ1n) is 10.8. The molecule has 6 nitrogen and oxygen atoms in total. The van der Waals surface area contributed by atoms with Crippen molar-refractivity contribution in [2.24, 2.45) is 11.1 Å². The molecular formula is C25H27BrN2O4S. The van der Waals surface area contributed by atoms with Crippen molar-refractivity contribution in [3.05, 3.63) is 67.7 Å². The molecule has 1 unspecified atom stereocenters. The highest BCUT2D eigenvalue weighted by molar-refractivity contribution is 9.11. The lowest BCUT2D eigenvalue weighted by Crippen LogP contribution is -2.43. The highest BCUT2D eigenvalue weighted by Gasteiger charge is 2.47. The SMILES string of the molecule is CCOC(=O)C1=C(N)N(c2ccc(OC)cc2)C2=C(C(=O)CC(C)(C)C2)C1c1ccc(Br)s1. The molecule has 0 bridgehead atoms. The van der Waals surface area contributed by atoms with Gasteiger partial charge in [0.05, 0.1) is 29.0 Å². The van der Waals surface area contributed by atoms with Gasteiger partial charge in [-0.25, -0.2) is 4.79 Å². The Kier molecular flexibility index (Phi) is 6.42. The summed E-state index contributed by atoms with van der Waals surface area (Å²) in [5, 5.41) is 0. The summed E-state index contributed by atoms with van der Waals surface area (Å²) in [7, 11) is 1.61. The minimum atomic E-state index is -0.562. The Balaban J connectivity index is 1.99. The van der Waals surface area contributed by atoms with Crippen LogP contribution in [0.15, 0.2) is 62.8 Å². The van der Waals surface area contributed by atoms with E-state index in [0.717, 1.165) is 20.0 Å². The van der Waals surface area contributed by atoms with Crippen molar-refractivity contribution in [3.63, 3.8) is 0 Å². The van der Waals surface area contributed by atoms with Crippen LogP contribution in [0.25, 0.3) is 0 Å². The molecule has 2 aromatic rings. The summed E-state index contributed by atoms with van der Waals surface area (Å²) in [6.45, 7) is 6.14. The first kappa shape index (κ1) is 23.6. The quantitative estimate of drug-likeness (QED) is 0.514. The third-order valence-electron chi connectivity index (χ3n) is 5.97. The monoisotopic (exact) mass is 530 g/mol. The van der Waals surface area contributed by atoms with E-state index in [1.165, 1.54) is 11.3 Å². The molecule has 0 saturated carbocycles. The van der Waals surface area contributed by atoms with Gasteiger partial charge in [0.25, 0.3) is 0 Å². The van der Waals surface area contributed by atoms with Crippen molar-refractivity contribution in [3.8, 4) is 5.75 Å². The molecule has 1 aliphatic heterocycles. The number of hydrogen-bond acceptors (Lipinski definition) is 7. The van der Waals surface area contributed by atoms with Gasteiger partial charge in [0.1, 0.15) is 11.6 Å². The molecule has 1 aliphatic carbocycles. The summed E-state index contributed by atoms with van der Waals surface area (Å²) < 4.78 is 11.6. The van der Waals surface area contributed by atoms with E-state index in [1.54, 1.807) is 14.0 Å². The van der Waals surface area contributed by atoms with Crippen LogP contribution in [0.4, 0.5) is 5.69 Å². The zero-order valence-electron chi connectivity index (χ0n) is 19.1. The van der Waals surface area contributed by atoms with Gasteiger partial charge in [0.2, 0.25) is 0 Å². The second-order valence-corrected chi connectivity index (χ2v) is 11.4. The number of rotatable bonds is 5. The number of nitrogens with two attached hydrogens (primary N) is 1. The predicted octanol–water partition coefficient (Wildman–Crippen LogP) is 5.50. The number of anilines is 1. The lowest BCUT2D eigenvalue weighted by molar-refractivity contribution is -0.138. The van der Waals surface area contributed by atoms with Gasteiger partial charge in [-0.3, -0.25) is 9.69 Å². The molecule has 174 valence electrons. The Morgan fingerprint density at radius 1 is 1.21 bits per heavy atom. The molecule has 2 aliphatic rings. The summed E-state index contributed by atoms with van der Waals surface area (Å²) >= 11 is 5.01. The Hall–Kier alpha value is -2.58. The van der Waals surface area contributed by atoms with Crippen LogP contribution in [0.2, 0.25) is 0 Å². The Labute approximate surface area is 206 Å². The maximum Gasteiger partial charge on any atom is 0.338 e. The number of hydrogen-bond donors (Lipinski definition) is 1. The zero-order valence-corrected chi connectivity index (χ0v) is 21.5. The van der Waals surface area contributed by atoms with E-state index in [-0.39, 0.29) is 23.6 Å². The number of ether oxygens (including phenoxy) is 2. The van der Waals surface area contributed by atoms with E-state index in [4.69, 9.17) is 15.2 Å². The molecule has 1 aromatic heterocycles. The summed E-state index contributed by atoms with van der Waals surface area (Å²) in [5.74, 6) is -0.0406. The number of methoxy groups -OCH3 is 1. The van der Waals surface area contributed by atoms with Gasteiger partial charge in [-0.15, -0.1) is 11.3 Å². The van der Waals surface area contributed by atoms with E-state index in [0.29, 0.717) is 29.7 Å². The van der Waals surface area contributed by atoms with E-state index in [9.17, 15) is 9.59 Å². The molecule has 0 amide bonds. The number of Topliss-reactive ketones (excluding diaryl/α,β-unsaturated/α-hetero) is 1. The van der Waals surface area contributed by atoms with Crippen LogP contribution in [0.5, 0.6) is 5.75 Å². The van der Waals surface area contributed by atoms with Gasteiger partial charge < -0.3 is 15.2 Å². The molecule has 33 heavy (non-hydrogen) atoms. The van der Waals surface area contributed by atoms with Crippen molar-refractivity contribution in [1.29, 1.82) is 0 Å². The molecule has 0 saturated heterocycles. The zero-order chi connectivity index (χ0) is 23.9. The molecule has 0 fully saturated rings. The van der Waals surface area contributed by atoms with Gasteiger partial charge in [-0.05, 0) is 71.1 Å². The van der Waals surface area contributed by atoms with E-state index in [2.05, 4.69) is 29.8 Å². The van der Waals surface area contributed by atoms with Gasteiger partial charge >= 0.3 is 5.97 Å². The van der Waals surface area contributed by atoms with E-state index < -0.39 is 11.9 Å². The number of allylic oxidation sites excluding steroid dienone is 2. The van der Waals surface area contributed by atoms with Gasteiger partial charge in [-0.2, -0.15) is 0 Å². The van der Waals surface area contributed by atoms with Crippen molar-refractivity contribution in [2.75, 3.05) is 18.6 Å². The van der Waals surface area contributed by atoms with Gasteiger partial charge in [-0.1, -0.05) is 13.8 Å². The molecule has 1 aromatic carbocycles. The molecule has 2 heterocycles. The smallest absolute Gasteiger partial charge is 0.338 e. The second-order valence-electron chi connectivity index (χ2n) is 8.93. The number of esters is 1. The van der Waals surface area contributed by atoms with Crippen LogP contribution < -0.4 is 15.4 Å². The lowest BCUT2D eigenvalue weighted by Gasteiger charge is -2.44.